The number of hydrogen-bond acceptors (Lipinski definition) is 3. The van der Waals surface area contributed by atoms with Gasteiger partial charge < -0.3 is 15.0 Å². The summed E-state index contributed by atoms with van der Waals surface area (Å²) >= 11 is 0. The minimum atomic E-state index is -0.00838. The SMILES string of the molecule is COc1ccccc1-c1ccc(NC(=O)N2CC(N3CCCC[C@H]3C)C2)cc1. The van der Waals surface area contributed by atoms with E-state index in [0.717, 1.165) is 35.7 Å². The van der Waals surface area contributed by atoms with Crippen molar-refractivity contribution >= 4 is 11.7 Å². The second-order valence-electron chi connectivity index (χ2n) is 7.85. The Kier molecular flexibility index (Phi) is 5.53. The highest BCUT2D eigenvalue weighted by Gasteiger charge is 2.37. The molecule has 0 bridgehead atoms. The number of ether oxygens (including phenoxy) is 1. The topological polar surface area (TPSA) is 44.8 Å². The molecule has 0 radical (unpaired) electrons. The van der Waals surface area contributed by atoms with E-state index in [1.807, 2.05) is 53.4 Å². The molecule has 0 aromatic heterocycles. The van der Waals surface area contributed by atoms with Crippen LogP contribution in [-0.4, -0.2) is 54.7 Å². The van der Waals surface area contributed by atoms with Crippen LogP contribution < -0.4 is 10.1 Å². The van der Waals surface area contributed by atoms with E-state index in [0.29, 0.717) is 12.1 Å². The molecule has 2 fully saturated rings. The molecule has 148 valence electrons. The Morgan fingerprint density at radius 1 is 1.07 bits per heavy atom. The first-order valence-corrected chi connectivity index (χ1v) is 10.2. The van der Waals surface area contributed by atoms with Crippen molar-refractivity contribution < 1.29 is 9.53 Å². The number of piperidine rings is 1. The highest BCUT2D eigenvalue weighted by atomic mass is 16.5. The molecule has 2 aromatic carbocycles. The van der Waals surface area contributed by atoms with E-state index in [1.165, 1.54) is 25.8 Å². The third-order valence-corrected chi connectivity index (χ3v) is 6.03. The number of para-hydroxylation sites is 1. The van der Waals surface area contributed by atoms with Gasteiger partial charge >= 0.3 is 6.03 Å². The first-order valence-electron chi connectivity index (χ1n) is 10.2. The number of carbonyl (C=O) groups excluding carboxylic acids is 1. The minimum Gasteiger partial charge on any atom is -0.496 e. The van der Waals surface area contributed by atoms with Crippen LogP contribution in [0.15, 0.2) is 48.5 Å². The molecule has 5 nitrogen and oxygen atoms in total. The summed E-state index contributed by atoms with van der Waals surface area (Å²) < 4.78 is 5.44. The van der Waals surface area contributed by atoms with Crippen LogP contribution in [0.5, 0.6) is 5.75 Å². The monoisotopic (exact) mass is 379 g/mol. The largest absolute Gasteiger partial charge is 0.496 e. The van der Waals surface area contributed by atoms with Crippen molar-refractivity contribution in [2.24, 2.45) is 0 Å². The molecule has 2 amide bonds. The number of urea groups is 1. The number of methoxy groups -OCH3 is 1. The molecule has 5 heteroatoms. The number of nitrogens with one attached hydrogen (secondary N) is 1. The second-order valence-corrected chi connectivity index (χ2v) is 7.85. The van der Waals surface area contributed by atoms with Gasteiger partial charge in [0.1, 0.15) is 5.75 Å². The Balaban J connectivity index is 1.33. The van der Waals surface area contributed by atoms with E-state index in [2.05, 4.69) is 17.1 Å². The zero-order valence-electron chi connectivity index (χ0n) is 16.7. The van der Waals surface area contributed by atoms with Gasteiger partial charge in [0, 0.05) is 36.4 Å². The van der Waals surface area contributed by atoms with Crippen molar-refractivity contribution in [1.82, 2.24) is 9.80 Å². The van der Waals surface area contributed by atoms with E-state index in [-0.39, 0.29) is 6.03 Å². The fourth-order valence-corrected chi connectivity index (χ4v) is 4.31. The van der Waals surface area contributed by atoms with Gasteiger partial charge in [-0.05, 0) is 50.1 Å². The second kappa shape index (κ2) is 8.23. The molecule has 0 saturated carbocycles. The number of benzene rings is 2. The molecule has 1 N–H and O–H groups in total. The Morgan fingerprint density at radius 3 is 2.54 bits per heavy atom. The molecule has 28 heavy (non-hydrogen) atoms. The summed E-state index contributed by atoms with van der Waals surface area (Å²) in [6.07, 6.45) is 3.90. The lowest BCUT2D eigenvalue weighted by molar-refractivity contribution is 0.0199. The molecular weight excluding hydrogens is 350 g/mol. The summed E-state index contributed by atoms with van der Waals surface area (Å²) in [5, 5.41) is 3.02. The van der Waals surface area contributed by atoms with Crippen LogP contribution in [0.1, 0.15) is 26.2 Å². The van der Waals surface area contributed by atoms with Crippen LogP contribution in [0, 0.1) is 0 Å². The third kappa shape index (κ3) is 3.85. The molecule has 0 unspecified atom stereocenters. The van der Waals surface area contributed by atoms with E-state index < -0.39 is 0 Å². The molecule has 2 aromatic rings. The highest BCUT2D eigenvalue weighted by molar-refractivity contribution is 5.90. The molecule has 1 atom stereocenters. The minimum absolute atomic E-state index is 0.00838. The van der Waals surface area contributed by atoms with Crippen molar-refractivity contribution in [1.29, 1.82) is 0 Å². The van der Waals surface area contributed by atoms with Gasteiger partial charge in [-0.3, -0.25) is 4.90 Å². The normalized spacial score (nSPS) is 20.5. The van der Waals surface area contributed by atoms with Crippen molar-refractivity contribution in [3.8, 4) is 16.9 Å². The van der Waals surface area contributed by atoms with Gasteiger partial charge in [0.05, 0.1) is 7.11 Å². The first kappa shape index (κ1) is 18.8. The third-order valence-electron chi connectivity index (χ3n) is 6.03. The predicted octanol–water partition coefficient (Wildman–Crippen LogP) is 4.45. The average molecular weight is 380 g/mol. The fraction of sp³-hybridized carbons (Fsp3) is 0.435. The summed E-state index contributed by atoms with van der Waals surface area (Å²) in [6.45, 7) is 5.14. The first-order chi connectivity index (χ1) is 13.7. The lowest BCUT2D eigenvalue weighted by Crippen LogP contribution is -2.64. The molecule has 2 saturated heterocycles. The molecule has 0 spiro atoms. The molecular formula is C23H29N3O2. The maximum absolute atomic E-state index is 12.5. The summed E-state index contributed by atoms with van der Waals surface area (Å²) in [5.41, 5.74) is 2.93. The maximum Gasteiger partial charge on any atom is 0.321 e. The van der Waals surface area contributed by atoms with Crippen LogP contribution in [0.4, 0.5) is 10.5 Å². The number of rotatable bonds is 4. The Morgan fingerprint density at radius 2 is 1.82 bits per heavy atom. The van der Waals surface area contributed by atoms with Crippen LogP contribution in [-0.2, 0) is 0 Å². The van der Waals surface area contributed by atoms with E-state index in [1.54, 1.807) is 7.11 Å². The maximum atomic E-state index is 12.5. The van der Waals surface area contributed by atoms with Crippen LogP contribution >= 0.6 is 0 Å². The Bertz CT molecular complexity index is 815. The lowest BCUT2D eigenvalue weighted by Gasteiger charge is -2.49. The lowest BCUT2D eigenvalue weighted by atomic mass is 9.98. The van der Waals surface area contributed by atoms with E-state index in [9.17, 15) is 4.79 Å². The zero-order valence-corrected chi connectivity index (χ0v) is 16.7. The summed E-state index contributed by atoms with van der Waals surface area (Å²) in [4.78, 5) is 17.0. The fourth-order valence-electron chi connectivity index (χ4n) is 4.31. The van der Waals surface area contributed by atoms with Crippen molar-refractivity contribution in [3.63, 3.8) is 0 Å². The van der Waals surface area contributed by atoms with E-state index >= 15 is 0 Å². The van der Waals surface area contributed by atoms with Gasteiger partial charge in [0.15, 0.2) is 0 Å². The smallest absolute Gasteiger partial charge is 0.321 e. The Labute approximate surface area is 167 Å². The van der Waals surface area contributed by atoms with Crippen molar-refractivity contribution in [3.05, 3.63) is 48.5 Å². The van der Waals surface area contributed by atoms with Crippen molar-refractivity contribution in [2.75, 3.05) is 32.1 Å². The zero-order chi connectivity index (χ0) is 19.5. The van der Waals surface area contributed by atoms with Gasteiger partial charge in [-0.25, -0.2) is 4.79 Å². The molecule has 2 heterocycles. The van der Waals surface area contributed by atoms with Gasteiger partial charge in [-0.15, -0.1) is 0 Å². The summed E-state index contributed by atoms with van der Waals surface area (Å²) in [7, 11) is 1.68. The molecule has 2 aliphatic heterocycles. The Hall–Kier alpha value is -2.53. The average Bonchev–Trinajstić information content (AvgIpc) is 2.69. The molecule has 0 aliphatic carbocycles. The quantitative estimate of drug-likeness (QED) is 0.853. The van der Waals surface area contributed by atoms with E-state index in [4.69, 9.17) is 4.74 Å². The van der Waals surface area contributed by atoms with Crippen LogP contribution in [0.3, 0.4) is 0 Å². The van der Waals surface area contributed by atoms with Gasteiger partial charge in [0.25, 0.3) is 0 Å². The van der Waals surface area contributed by atoms with Crippen LogP contribution in [0.25, 0.3) is 11.1 Å². The predicted molar refractivity (Wildman–Crippen MR) is 113 cm³/mol. The molecule has 2 aliphatic rings. The van der Waals surface area contributed by atoms with Gasteiger partial charge in [0.2, 0.25) is 0 Å². The van der Waals surface area contributed by atoms with Gasteiger partial charge in [-0.1, -0.05) is 36.8 Å². The van der Waals surface area contributed by atoms with Crippen molar-refractivity contribution in [2.45, 2.75) is 38.3 Å². The highest BCUT2D eigenvalue weighted by Crippen LogP contribution is 2.30. The standard InChI is InChI=1S/C23H29N3O2/c1-17-7-5-6-14-26(17)20-15-25(16-20)23(27)24-19-12-10-18(11-13-19)21-8-3-4-9-22(21)28-2/h3-4,8-13,17,20H,5-7,14-16H2,1-2H3,(H,24,27)/t17-/m1/s1. The number of anilines is 1. The van der Waals surface area contributed by atoms with Crippen LogP contribution in [0.2, 0.25) is 0 Å². The number of carbonyl (C=O) groups is 1. The number of amides is 2. The number of hydrogen-bond donors (Lipinski definition) is 1. The number of likely N-dealkylation sites (tertiary alicyclic amines) is 2. The van der Waals surface area contributed by atoms with Gasteiger partial charge in [-0.2, -0.15) is 0 Å². The number of nitrogens with zero attached hydrogens (tertiary/aromatic N) is 2. The molecule has 4 rings (SSSR count). The summed E-state index contributed by atoms with van der Waals surface area (Å²) in [6, 6.07) is 17.0. The summed E-state index contributed by atoms with van der Waals surface area (Å²) in [5.74, 6) is 0.845.